The molecule has 1 aromatic rings. The SMILES string of the molecule is O=C(NCCCN1CCNCC1)c1nc[nH]c1C(=O)O. The van der Waals surface area contributed by atoms with Crippen molar-refractivity contribution in [3.05, 3.63) is 17.7 Å². The largest absolute Gasteiger partial charge is 0.477 e. The zero-order chi connectivity index (χ0) is 14.4. The molecule has 2 heterocycles. The van der Waals surface area contributed by atoms with E-state index in [1.54, 1.807) is 0 Å². The molecule has 1 saturated heterocycles. The Morgan fingerprint density at radius 3 is 2.85 bits per heavy atom. The minimum absolute atomic E-state index is 0.0697. The molecule has 0 saturated carbocycles. The summed E-state index contributed by atoms with van der Waals surface area (Å²) in [5.41, 5.74) is -0.246. The molecule has 1 aromatic heterocycles. The molecule has 0 aliphatic carbocycles. The Morgan fingerprint density at radius 1 is 1.40 bits per heavy atom. The summed E-state index contributed by atoms with van der Waals surface area (Å²) in [6.45, 7) is 5.49. The van der Waals surface area contributed by atoms with Crippen molar-refractivity contribution in [2.45, 2.75) is 6.42 Å². The fourth-order valence-electron chi connectivity index (χ4n) is 2.15. The summed E-state index contributed by atoms with van der Waals surface area (Å²) in [7, 11) is 0. The highest BCUT2D eigenvalue weighted by atomic mass is 16.4. The Labute approximate surface area is 116 Å². The van der Waals surface area contributed by atoms with Crippen LogP contribution in [0.15, 0.2) is 6.33 Å². The molecular formula is C12H19N5O3. The summed E-state index contributed by atoms with van der Waals surface area (Å²) >= 11 is 0. The fraction of sp³-hybridized carbons (Fsp3) is 0.583. The number of carboxylic acid groups (broad SMARTS) is 1. The van der Waals surface area contributed by atoms with Crippen LogP contribution in [-0.4, -0.2) is 71.1 Å². The lowest BCUT2D eigenvalue weighted by Crippen LogP contribution is -2.44. The van der Waals surface area contributed by atoms with Crippen molar-refractivity contribution in [3.8, 4) is 0 Å². The number of hydrogen-bond acceptors (Lipinski definition) is 5. The van der Waals surface area contributed by atoms with Crippen molar-refractivity contribution in [2.24, 2.45) is 0 Å². The second-order valence-electron chi connectivity index (χ2n) is 4.63. The number of carbonyl (C=O) groups is 2. The molecule has 1 aliphatic rings. The van der Waals surface area contributed by atoms with E-state index in [1.807, 2.05) is 0 Å². The summed E-state index contributed by atoms with van der Waals surface area (Å²) in [4.78, 5) is 31.2. The normalized spacial score (nSPS) is 16.0. The lowest BCUT2D eigenvalue weighted by Gasteiger charge is -2.27. The summed E-state index contributed by atoms with van der Waals surface area (Å²) in [6, 6.07) is 0. The van der Waals surface area contributed by atoms with E-state index < -0.39 is 11.9 Å². The number of nitrogens with one attached hydrogen (secondary N) is 3. The molecule has 0 aromatic carbocycles. The maximum absolute atomic E-state index is 11.8. The molecule has 0 unspecified atom stereocenters. The number of piperazine rings is 1. The number of H-pyrrole nitrogens is 1. The second kappa shape index (κ2) is 7.01. The summed E-state index contributed by atoms with van der Waals surface area (Å²) in [6.07, 6.45) is 2.04. The quantitative estimate of drug-likeness (QED) is 0.505. The number of nitrogens with zero attached hydrogens (tertiary/aromatic N) is 2. The number of aromatic carboxylic acids is 1. The molecule has 110 valence electrons. The number of rotatable bonds is 6. The van der Waals surface area contributed by atoms with E-state index in [9.17, 15) is 9.59 Å². The Balaban J connectivity index is 1.72. The van der Waals surface area contributed by atoms with Crippen LogP contribution in [0.4, 0.5) is 0 Å². The Kier molecular flexibility index (Phi) is 5.08. The third-order valence-corrected chi connectivity index (χ3v) is 3.21. The lowest BCUT2D eigenvalue weighted by atomic mass is 10.3. The van der Waals surface area contributed by atoms with Crippen LogP contribution in [-0.2, 0) is 0 Å². The molecule has 0 atom stereocenters. The highest BCUT2D eigenvalue weighted by Gasteiger charge is 2.19. The van der Waals surface area contributed by atoms with Gasteiger partial charge < -0.3 is 25.6 Å². The molecule has 20 heavy (non-hydrogen) atoms. The number of carboxylic acids is 1. The first kappa shape index (κ1) is 14.5. The van der Waals surface area contributed by atoms with Crippen molar-refractivity contribution in [3.63, 3.8) is 0 Å². The van der Waals surface area contributed by atoms with E-state index in [-0.39, 0.29) is 11.4 Å². The Bertz CT molecular complexity index is 467. The maximum atomic E-state index is 11.8. The topological polar surface area (TPSA) is 110 Å². The lowest BCUT2D eigenvalue weighted by molar-refractivity contribution is 0.0685. The highest BCUT2D eigenvalue weighted by Crippen LogP contribution is 2.02. The maximum Gasteiger partial charge on any atom is 0.354 e. The summed E-state index contributed by atoms with van der Waals surface area (Å²) in [5.74, 6) is -1.64. The van der Waals surface area contributed by atoms with Crippen molar-refractivity contribution in [1.29, 1.82) is 0 Å². The number of amides is 1. The Hall–Kier alpha value is -1.93. The van der Waals surface area contributed by atoms with Gasteiger partial charge in [-0.15, -0.1) is 0 Å². The van der Waals surface area contributed by atoms with E-state index >= 15 is 0 Å². The monoisotopic (exact) mass is 281 g/mol. The van der Waals surface area contributed by atoms with Crippen LogP contribution >= 0.6 is 0 Å². The van der Waals surface area contributed by atoms with Crippen LogP contribution in [0.1, 0.15) is 27.4 Å². The van der Waals surface area contributed by atoms with E-state index in [4.69, 9.17) is 5.11 Å². The number of hydrogen-bond donors (Lipinski definition) is 4. The van der Waals surface area contributed by atoms with Gasteiger partial charge >= 0.3 is 5.97 Å². The molecule has 2 rings (SSSR count). The molecule has 8 heteroatoms. The first-order valence-electron chi connectivity index (χ1n) is 6.66. The van der Waals surface area contributed by atoms with E-state index in [0.29, 0.717) is 6.54 Å². The molecular weight excluding hydrogens is 262 g/mol. The summed E-state index contributed by atoms with van der Waals surface area (Å²) < 4.78 is 0. The van der Waals surface area contributed by atoms with Gasteiger partial charge in [0.25, 0.3) is 5.91 Å². The van der Waals surface area contributed by atoms with Crippen molar-refractivity contribution in [1.82, 2.24) is 25.5 Å². The van der Waals surface area contributed by atoms with Gasteiger partial charge in [0.15, 0.2) is 11.4 Å². The number of imidazole rings is 1. The molecule has 1 amide bonds. The van der Waals surface area contributed by atoms with Crippen LogP contribution in [0.5, 0.6) is 0 Å². The van der Waals surface area contributed by atoms with Gasteiger partial charge in [-0.3, -0.25) is 4.79 Å². The van der Waals surface area contributed by atoms with Crippen LogP contribution < -0.4 is 10.6 Å². The van der Waals surface area contributed by atoms with Crippen LogP contribution in [0, 0.1) is 0 Å². The number of aromatic amines is 1. The predicted octanol–water partition coefficient (Wildman–Crippen LogP) is -0.867. The Morgan fingerprint density at radius 2 is 2.15 bits per heavy atom. The van der Waals surface area contributed by atoms with Gasteiger partial charge in [-0.2, -0.15) is 0 Å². The third kappa shape index (κ3) is 3.78. The highest BCUT2D eigenvalue weighted by molar-refractivity contribution is 6.02. The first-order valence-corrected chi connectivity index (χ1v) is 6.66. The fourth-order valence-corrected chi connectivity index (χ4v) is 2.15. The van der Waals surface area contributed by atoms with Crippen molar-refractivity contribution >= 4 is 11.9 Å². The average molecular weight is 281 g/mol. The van der Waals surface area contributed by atoms with E-state index in [0.717, 1.165) is 39.1 Å². The van der Waals surface area contributed by atoms with E-state index in [2.05, 4.69) is 25.5 Å². The zero-order valence-corrected chi connectivity index (χ0v) is 11.2. The van der Waals surface area contributed by atoms with Crippen LogP contribution in [0.3, 0.4) is 0 Å². The minimum atomic E-state index is -1.19. The number of aromatic nitrogens is 2. The average Bonchev–Trinajstić information content (AvgIpc) is 2.94. The van der Waals surface area contributed by atoms with Gasteiger partial charge in [-0.25, -0.2) is 9.78 Å². The smallest absolute Gasteiger partial charge is 0.354 e. The molecule has 0 bridgehead atoms. The molecule has 1 fully saturated rings. The van der Waals surface area contributed by atoms with Gasteiger partial charge in [0.2, 0.25) is 0 Å². The predicted molar refractivity (Wildman–Crippen MR) is 71.8 cm³/mol. The number of carbonyl (C=O) groups excluding carboxylic acids is 1. The van der Waals surface area contributed by atoms with Crippen molar-refractivity contribution in [2.75, 3.05) is 39.3 Å². The van der Waals surface area contributed by atoms with Crippen LogP contribution in [0.25, 0.3) is 0 Å². The standard InChI is InChI=1S/C12H19N5O3/c18-11(9-10(12(19)20)16-8-15-9)14-2-1-5-17-6-3-13-4-7-17/h8,13H,1-7H2,(H,14,18)(H,15,16)(H,19,20). The molecule has 0 radical (unpaired) electrons. The van der Waals surface area contributed by atoms with Gasteiger partial charge in [0, 0.05) is 32.7 Å². The van der Waals surface area contributed by atoms with Gasteiger partial charge in [0.05, 0.1) is 6.33 Å². The molecule has 1 aliphatic heterocycles. The zero-order valence-electron chi connectivity index (χ0n) is 11.2. The van der Waals surface area contributed by atoms with Gasteiger partial charge in [-0.05, 0) is 13.0 Å². The molecule has 0 spiro atoms. The molecule has 8 nitrogen and oxygen atoms in total. The molecule has 4 N–H and O–H groups in total. The van der Waals surface area contributed by atoms with Crippen molar-refractivity contribution < 1.29 is 14.7 Å². The van der Waals surface area contributed by atoms with Gasteiger partial charge in [-0.1, -0.05) is 0 Å². The van der Waals surface area contributed by atoms with Gasteiger partial charge in [0.1, 0.15) is 0 Å². The van der Waals surface area contributed by atoms with Crippen LogP contribution in [0.2, 0.25) is 0 Å². The second-order valence-corrected chi connectivity index (χ2v) is 4.63. The first-order chi connectivity index (χ1) is 9.68. The summed E-state index contributed by atoms with van der Waals surface area (Å²) in [5, 5.41) is 14.9. The minimum Gasteiger partial charge on any atom is -0.477 e. The third-order valence-electron chi connectivity index (χ3n) is 3.21. The van der Waals surface area contributed by atoms with E-state index in [1.165, 1.54) is 6.33 Å².